The van der Waals surface area contributed by atoms with Crippen LogP contribution in [-0.2, 0) is 21.2 Å². The number of hydrogen-bond donors (Lipinski definition) is 1. The Morgan fingerprint density at radius 1 is 1.02 bits per heavy atom. The van der Waals surface area contributed by atoms with E-state index < -0.39 is 15.6 Å². The van der Waals surface area contributed by atoms with Crippen molar-refractivity contribution in [3.05, 3.63) is 65.4 Å². The number of rotatable bonds is 11. The number of anilines is 1. The Morgan fingerprint density at radius 3 is 2.37 bits per heavy atom. The summed E-state index contributed by atoms with van der Waals surface area (Å²) in [5, 5.41) is 13.7. The van der Waals surface area contributed by atoms with Gasteiger partial charge in [0.2, 0.25) is 5.88 Å². The lowest BCUT2D eigenvalue weighted by molar-refractivity contribution is -0.130. The molecule has 1 amide bonds. The van der Waals surface area contributed by atoms with Crippen LogP contribution in [0.3, 0.4) is 0 Å². The van der Waals surface area contributed by atoms with Gasteiger partial charge < -0.3 is 9.63 Å². The molecule has 41 heavy (non-hydrogen) atoms. The molecule has 1 fully saturated rings. The van der Waals surface area contributed by atoms with Crippen molar-refractivity contribution in [3.8, 4) is 11.1 Å². The highest BCUT2D eigenvalue weighted by molar-refractivity contribution is 7.93. The molecule has 0 radical (unpaired) electrons. The summed E-state index contributed by atoms with van der Waals surface area (Å²) in [5.41, 5.74) is 2.42. The van der Waals surface area contributed by atoms with Crippen molar-refractivity contribution >= 4 is 27.7 Å². The van der Waals surface area contributed by atoms with Crippen molar-refractivity contribution in [2.24, 2.45) is 4.99 Å². The maximum atomic E-state index is 14.7. The van der Waals surface area contributed by atoms with E-state index in [-0.39, 0.29) is 30.0 Å². The first-order valence-electron chi connectivity index (χ1n) is 14.4. The predicted octanol–water partition coefficient (Wildman–Crippen LogP) is 5.39. The number of amides is 1. The number of aromatic nitrogens is 1. The third kappa shape index (κ3) is 5.30. The van der Waals surface area contributed by atoms with Crippen LogP contribution < -0.4 is 4.31 Å². The first kappa shape index (κ1) is 29.0. The number of amidine groups is 1. The number of aliphatic hydroxyl groups is 1. The standard InChI is InChI=1S/C31H38N4O5S/c1-4-5-16-28-32-31(18-10-11-19-31)30(37)34(28)21-35(29-22(2)23(3)33-40-29)41(38,39)27-15-9-8-14-26(27)25-13-7-6-12-24(25)17-20-36/h6-9,12-15,36H,4-5,10-11,16-21H2,1-3H3. The lowest BCUT2D eigenvalue weighted by Gasteiger charge is -2.30. The van der Waals surface area contributed by atoms with E-state index in [1.165, 1.54) is 4.31 Å². The van der Waals surface area contributed by atoms with Gasteiger partial charge in [-0.25, -0.2) is 12.7 Å². The van der Waals surface area contributed by atoms with Crippen LogP contribution in [0.5, 0.6) is 0 Å². The molecule has 2 heterocycles. The molecule has 1 saturated carbocycles. The zero-order valence-corrected chi connectivity index (χ0v) is 24.8. The van der Waals surface area contributed by atoms with Gasteiger partial charge in [0.05, 0.1) is 10.6 Å². The number of aliphatic hydroxyl groups excluding tert-OH is 1. The summed E-state index contributed by atoms with van der Waals surface area (Å²) in [5.74, 6) is 0.571. The van der Waals surface area contributed by atoms with Crippen LogP contribution in [0.25, 0.3) is 11.1 Å². The topological polar surface area (TPSA) is 116 Å². The van der Waals surface area contributed by atoms with Gasteiger partial charge in [-0.1, -0.05) is 73.8 Å². The molecular formula is C31H38N4O5S. The van der Waals surface area contributed by atoms with Gasteiger partial charge in [0.25, 0.3) is 15.9 Å². The van der Waals surface area contributed by atoms with Crippen LogP contribution in [0.15, 0.2) is 62.9 Å². The molecule has 0 unspecified atom stereocenters. The molecule has 1 aliphatic heterocycles. The second kappa shape index (κ2) is 11.8. The third-order valence-electron chi connectivity index (χ3n) is 8.26. The number of unbranched alkanes of at least 4 members (excludes halogenated alkanes) is 1. The van der Waals surface area contributed by atoms with Crippen LogP contribution in [0.1, 0.15) is 68.7 Å². The van der Waals surface area contributed by atoms with E-state index in [9.17, 15) is 18.3 Å². The number of carbonyl (C=O) groups excluding carboxylic acids is 1. The molecule has 10 heteroatoms. The average molecular weight is 579 g/mol. The lowest BCUT2D eigenvalue weighted by atomic mass is 9.98. The SMILES string of the molecule is CCCCC1=NC2(CCCC2)C(=O)N1CN(c1onc(C)c1C)S(=O)(=O)c1ccccc1-c1ccccc1CCO. The van der Waals surface area contributed by atoms with E-state index in [0.29, 0.717) is 48.3 Å². The number of aryl methyl sites for hydroxylation is 1. The van der Waals surface area contributed by atoms with Crippen LogP contribution >= 0.6 is 0 Å². The molecule has 0 bridgehead atoms. The summed E-state index contributed by atoms with van der Waals surface area (Å²) < 4.78 is 36.2. The third-order valence-corrected chi connectivity index (χ3v) is 10.0. The molecule has 9 nitrogen and oxygen atoms in total. The average Bonchev–Trinajstić information content (AvgIpc) is 3.65. The highest BCUT2D eigenvalue weighted by Crippen LogP contribution is 2.41. The first-order valence-corrected chi connectivity index (χ1v) is 15.8. The minimum absolute atomic E-state index is 0.0622. The molecule has 1 aromatic heterocycles. The molecule has 2 aliphatic rings. The number of carbonyl (C=O) groups is 1. The number of aliphatic imine (C=N–C) groups is 1. The number of sulfonamides is 1. The van der Waals surface area contributed by atoms with Crippen LogP contribution in [0, 0.1) is 13.8 Å². The van der Waals surface area contributed by atoms with Crippen molar-refractivity contribution in [2.75, 3.05) is 17.6 Å². The molecule has 0 atom stereocenters. The number of hydrogen-bond acceptors (Lipinski definition) is 7. The molecule has 1 N–H and O–H groups in total. The molecule has 5 rings (SSSR count). The van der Waals surface area contributed by atoms with Gasteiger partial charge in [0.1, 0.15) is 18.0 Å². The summed E-state index contributed by atoms with van der Waals surface area (Å²) >= 11 is 0. The highest BCUT2D eigenvalue weighted by atomic mass is 32.2. The van der Waals surface area contributed by atoms with E-state index >= 15 is 0 Å². The van der Waals surface area contributed by atoms with Gasteiger partial charge in [0, 0.05) is 24.2 Å². The Labute approximate surface area is 241 Å². The zero-order valence-electron chi connectivity index (χ0n) is 24.0. The van der Waals surface area contributed by atoms with Crippen LogP contribution in [0.4, 0.5) is 5.88 Å². The molecule has 3 aromatic rings. The van der Waals surface area contributed by atoms with Crippen molar-refractivity contribution in [1.29, 1.82) is 0 Å². The fraction of sp³-hybridized carbons (Fsp3) is 0.452. The smallest absolute Gasteiger partial charge is 0.268 e. The Hall–Kier alpha value is -3.50. The Morgan fingerprint density at radius 2 is 1.71 bits per heavy atom. The van der Waals surface area contributed by atoms with E-state index in [4.69, 9.17) is 9.52 Å². The fourth-order valence-electron chi connectivity index (χ4n) is 5.85. The monoisotopic (exact) mass is 578 g/mol. The summed E-state index contributed by atoms with van der Waals surface area (Å²) in [6.45, 7) is 5.29. The highest BCUT2D eigenvalue weighted by Gasteiger charge is 2.50. The summed E-state index contributed by atoms with van der Waals surface area (Å²) in [7, 11) is -4.28. The first-order chi connectivity index (χ1) is 19.7. The Balaban J connectivity index is 1.63. The van der Waals surface area contributed by atoms with Gasteiger partial charge in [0.15, 0.2) is 0 Å². The molecule has 2 aromatic carbocycles. The minimum Gasteiger partial charge on any atom is -0.396 e. The van der Waals surface area contributed by atoms with Gasteiger partial charge in [-0.05, 0) is 56.7 Å². The number of benzene rings is 2. The van der Waals surface area contributed by atoms with Crippen LogP contribution in [0.2, 0.25) is 0 Å². The van der Waals surface area contributed by atoms with Gasteiger partial charge in [-0.3, -0.25) is 14.7 Å². The Bertz CT molecular complexity index is 1560. The summed E-state index contributed by atoms with van der Waals surface area (Å²) in [6, 6.07) is 14.3. The summed E-state index contributed by atoms with van der Waals surface area (Å²) in [6.07, 6.45) is 5.95. The quantitative estimate of drug-likeness (QED) is 0.326. The van der Waals surface area contributed by atoms with Gasteiger partial charge in [-0.2, -0.15) is 0 Å². The lowest BCUT2D eigenvalue weighted by Crippen LogP contribution is -2.48. The minimum atomic E-state index is -4.28. The second-order valence-corrected chi connectivity index (χ2v) is 12.8. The second-order valence-electron chi connectivity index (χ2n) is 10.9. The van der Waals surface area contributed by atoms with Gasteiger partial charge in [-0.15, -0.1) is 0 Å². The van der Waals surface area contributed by atoms with Crippen LogP contribution in [-0.4, -0.2) is 54.1 Å². The van der Waals surface area contributed by atoms with E-state index in [1.54, 1.807) is 43.0 Å². The summed E-state index contributed by atoms with van der Waals surface area (Å²) in [4.78, 5) is 20.5. The maximum Gasteiger partial charge on any atom is 0.268 e. The maximum absolute atomic E-state index is 14.7. The van der Waals surface area contributed by atoms with Crippen molar-refractivity contribution in [1.82, 2.24) is 10.1 Å². The zero-order chi connectivity index (χ0) is 29.2. The van der Waals surface area contributed by atoms with E-state index in [0.717, 1.165) is 36.8 Å². The molecule has 218 valence electrons. The molecule has 1 aliphatic carbocycles. The molecular weight excluding hydrogens is 540 g/mol. The normalized spacial score (nSPS) is 16.5. The van der Waals surface area contributed by atoms with Crippen molar-refractivity contribution < 1.29 is 22.8 Å². The largest absolute Gasteiger partial charge is 0.396 e. The van der Waals surface area contributed by atoms with E-state index in [1.807, 2.05) is 24.3 Å². The molecule has 1 spiro atoms. The van der Waals surface area contributed by atoms with Crippen molar-refractivity contribution in [3.63, 3.8) is 0 Å². The number of nitrogens with zero attached hydrogens (tertiary/aromatic N) is 4. The van der Waals surface area contributed by atoms with E-state index in [2.05, 4.69) is 12.1 Å². The predicted molar refractivity (Wildman–Crippen MR) is 158 cm³/mol. The fourth-order valence-corrected chi connectivity index (χ4v) is 7.45. The molecule has 0 saturated heterocycles. The van der Waals surface area contributed by atoms with Crippen molar-refractivity contribution in [2.45, 2.75) is 82.6 Å². The Kier molecular flexibility index (Phi) is 8.33. The van der Waals surface area contributed by atoms with Gasteiger partial charge >= 0.3 is 0 Å².